The molecule has 5 rings (SSSR count). The van der Waals surface area contributed by atoms with Gasteiger partial charge < -0.3 is 31.2 Å². The van der Waals surface area contributed by atoms with Gasteiger partial charge in [0.2, 0.25) is 0 Å². The summed E-state index contributed by atoms with van der Waals surface area (Å²) in [6.07, 6.45) is 0.672. The Balaban J connectivity index is 0.00000144. The summed E-state index contributed by atoms with van der Waals surface area (Å²) in [5, 5.41) is 0. The molecule has 0 bridgehead atoms. The maximum atomic E-state index is 6.30. The molecule has 0 aromatic heterocycles. The van der Waals surface area contributed by atoms with Gasteiger partial charge in [-0.1, -0.05) is 66.7 Å². The summed E-state index contributed by atoms with van der Waals surface area (Å²) in [6, 6.07) is 25.1. The van der Waals surface area contributed by atoms with E-state index in [0.29, 0.717) is 13.2 Å². The van der Waals surface area contributed by atoms with Crippen molar-refractivity contribution in [2.75, 3.05) is 13.7 Å². The van der Waals surface area contributed by atoms with Crippen molar-refractivity contribution in [3.8, 4) is 11.5 Å². The van der Waals surface area contributed by atoms with Crippen LogP contribution < -0.4 is 26.5 Å². The third kappa shape index (κ3) is 4.77. The summed E-state index contributed by atoms with van der Waals surface area (Å²) in [6.45, 7) is 5.64. The van der Waals surface area contributed by atoms with Crippen molar-refractivity contribution in [1.82, 2.24) is 4.90 Å². The van der Waals surface area contributed by atoms with Crippen LogP contribution >= 0.6 is 0 Å². The molecule has 0 saturated carbocycles. The molecule has 4 nitrogen and oxygen atoms in total. The quantitative estimate of drug-likeness (QED) is 0.387. The topological polar surface area (TPSA) is 30.9 Å². The van der Waals surface area contributed by atoms with Gasteiger partial charge >= 0.3 is 27.7 Å². The van der Waals surface area contributed by atoms with E-state index in [9.17, 15) is 0 Å². The molecule has 2 aliphatic heterocycles. The summed E-state index contributed by atoms with van der Waals surface area (Å²) >= 11 is 0. The summed E-state index contributed by atoms with van der Waals surface area (Å²) in [7, 11) is 1.69. The van der Waals surface area contributed by atoms with Gasteiger partial charge in [-0.15, -0.1) is 0 Å². The molecule has 3 aromatic carbocycles. The van der Waals surface area contributed by atoms with Gasteiger partial charge in [0, 0.05) is 17.2 Å². The maximum absolute atomic E-state index is 6.30. The second-order valence-electron chi connectivity index (χ2n) is 7.86. The molecule has 2 aliphatic rings. The second-order valence-corrected chi connectivity index (χ2v) is 7.86. The molecule has 1 saturated heterocycles. The summed E-state index contributed by atoms with van der Waals surface area (Å²) in [5.41, 5.74) is 4.69. The fourth-order valence-electron chi connectivity index (χ4n) is 4.61. The van der Waals surface area contributed by atoms with E-state index in [4.69, 9.17) is 14.2 Å². The van der Waals surface area contributed by atoms with Gasteiger partial charge in [-0.2, -0.15) is 0 Å². The number of fused-ring (bicyclic) bond motifs is 3. The fraction of sp³-hybridized carbons (Fsp3) is 0.269. The van der Waals surface area contributed by atoms with Crippen molar-refractivity contribution in [1.29, 1.82) is 0 Å². The average Bonchev–Trinajstić information content (AvgIpc) is 3.25. The summed E-state index contributed by atoms with van der Waals surface area (Å²) in [4.78, 5) is 2.39. The molecule has 2 radical (unpaired) electrons. The normalized spacial score (nSPS) is 21.5. The first-order valence-electron chi connectivity index (χ1n) is 10.4. The number of hydrogen-bond acceptors (Lipinski definition) is 4. The Morgan fingerprint density at radius 1 is 1.00 bits per heavy atom. The van der Waals surface area contributed by atoms with E-state index >= 15 is 0 Å². The Kier molecular flexibility index (Phi) is 8.79. The third-order valence-corrected chi connectivity index (χ3v) is 6.06. The molecule has 162 valence electrons. The van der Waals surface area contributed by atoms with Crippen LogP contribution in [0.2, 0.25) is 0 Å². The van der Waals surface area contributed by atoms with Crippen LogP contribution in [0.15, 0.2) is 72.8 Å². The SMILES string of the molecule is [Br-].[CH2][C@@H]1Cc2c(ccc(OC)c2OCc2ccccc2)C2OC[C@H](c3ccccc3)N21.[Hg+]. The molecule has 0 N–H and O–H groups in total. The minimum Gasteiger partial charge on any atom is -1.00 e. The van der Waals surface area contributed by atoms with Gasteiger partial charge in [0.05, 0.1) is 19.8 Å². The van der Waals surface area contributed by atoms with Gasteiger partial charge in [-0.25, -0.2) is 0 Å². The molecule has 0 amide bonds. The Hall–Kier alpha value is -1.40. The first-order chi connectivity index (χ1) is 14.8. The van der Waals surface area contributed by atoms with E-state index in [2.05, 4.69) is 54.3 Å². The van der Waals surface area contributed by atoms with E-state index in [1.165, 1.54) is 5.56 Å². The zero-order chi connectivity index (χ0) is 20.5. The second kappa shape index (κ2) is 11.1. The Labute approximate surface area is 221 Å². The van der Waals surface area contributed by atoms with E-state index in [-0.39, 0.29) is 63.0 Å². The van der Waals surface area contributed by atoms with Crippen LogP contribution in [0.3, 0.4) is 0 Å². The van der Waals surface area contributed by atoms with Crippen LogP contribution in [0, 0.1) is 6.92 Å². The van der Waals surface area contributed by atoms with Crippen molar-refractivity contribution in [2.45, 2.75) is 31.3 Å². The molecule has 6 heteroatoms. The molecule has 3 atom stereocenters. The van der Waals surface area contributed by atoms with Crippen molar-refractivity contribution >= 4 is 0 Å². The zero-order valence-electron chi connectivity index (χ0n) is 18.2. The average molecular weight is 681 g/mol. The predicted octanol–water partition coefficient (Wildman–Crippen LogP) is 2.11. The maximum Gasteiger partial charge on any atom is 1.00 e. The number of nitrogens with zero attached hydrogens (tertiary/aromatic N) is 1. The van der Waals surface area contributed by atoms with Crippen LogP contribution in [-0.4, -0.2) is 24.7 Å². The molecule has 1 unspecified atom stereocenters. The standard InChI is InChI=1S/C26H26NO3.BrH.Hg/c1-18-15-22-21(26-27(18)23(17-30-26)20-11-7-4-8-12-20)13-14-24(28-2)25(22)29-16-19-9-5-3-6-10-19;;/h3-14,18,23,26H,1,15-17H2,2H3;1H;/q;;+1/p-1/t18-,23-,26?;;/m1../s1. The predicted molar refractivity (Wildman–Crippen MR) is 116 cm³/mol. The largest absolute Gasteiger partial charge is 1.00 e. The summed E-state index contributed by atoms with van der Waals surface area (Å²) < 4.78 is 18.2. The van der Waals surface area contributed by atoms with E-state index in [0.717, 1.165) is 34.6 Å². The van der Waals surface area contributed by atoms with Crippen LogP contribution in [0.5, 0.6) is 11.5 Å². The van der Waals surface area contributed by atoms with Gasteiger partial charge in [0.1, 0.15) is 12.8 Å². The molecule has 2 heterocycles. The number of ether oxygens (including phenoxy) is 3. The van der Waals surface area contributed by atoms with Crippen molar-refractivity contribution in [3.05, 3.63) is 102 Å². The van der Waals surface area contributed by atoms with Crippen molar-refractivity contribution < 1.29 is 58.9 Å². The van der Waals surface area contributed by atoms with E-state index < -0.39 is 0 Å². The summed E-state index contributed by atoms with van der Waals surface area (Å²) in [5.74, 6) is 1.56. The van der Waals surface area contributed by atoms with Crippen molar-refractivity contribution in [3.63, 3.8) is 0 Å². The number of hydrogen-bond donors (Lipinski definition) is 0. The van der Waals surface area contributed by atoms with E-state index in [1.54, 1.807) is 7.11 Å². The first-order valence-corrected chi connectivity index (χ1v) is 10.4. The number of rotatable bonds is 5. The third-order valence-electron chi connectivity index (χ3n) is 6.06. The Bertz CT molecular complexity index is 1020. The first kappa shape index (κ1) is 25.2. The molecule has 32 heavy (non-hydrogen) atoms. The van der Waals surface area contributed by atoms with Gasteiger partial charge in [-0.3, -0.25) is 4.90 Å². The Morgan fingerprint density at radius 2 is 1.69 bits per heavy atom. The molecular weight excluding hydrogens is 655 g/mol. The number of benzene rings is 3. The fourth-order valence-corrected chi connectivity index (χ4v) is 4.61. The minimum absolute atomic E-state index is 0. The van der Waals surface area contributed by atoms with Crippen LogP contribution in [0.1, 0.15) is 34.5 Å². The minimum atomic E-state index is -0.119. The van der Waals surface area contributed by atoms with Gasteiger partial charge in [0.25, 0.3) is 0 Å². The number of halogens is 1. The molecule has 0 spiro atoms. The van der Waals surface area contributed by atoms with Crippen LogP contribution in [0.4, 0.5) is 0 Å². The number of methoxy groups -OCH3 is 1. The Morgan fingerprint density at radius 3 is 2.38 bits per heavy atom. The van der Waals surface area contributed by atoms with Crippen LogP contribution in [-0.2, 0) is 45.4 Å². The monoisotopic (exact) mass is 681 g/mol. The van der Waals surface area contributed by atoms with Crippen LogP contribution in [0.25, 0.3) is 0 Å². The van der Waals surface area contributed by atoms with Gasteiger partial charge in [-0.05, 0) is 30.5 Å². The molecule has 1 fully saturated rings. The molecular formula is C26H26BrHgNO3. The zero-order valence-corrected chi connectivity index (χ0v) is 25.3. The molecule has 0 aliphatic carbocycles. The smallest absolute Gasteiger partial charge is 1.00 e. The van der Waals surface area contributed by atoms with E-state index in [1.807, 2.05) is 30.3 Å². The molecule has 3 aromatic rings. The van der Waals surface area contributed by atoms with Crippen molar-refractivity contribution in [2.24, 2.45) is 0 Å². The van der Waals surface area contributed by atoms with Gasteiger partial charge in [0.15, 0.2) is 11.5 Å².